The molecule has 11 heteroatoms. The summed E-state index contributed by atoms with van der Waals surface area (Å²) in [5.74, 6) is 0.218. The van der Waals surface area contributed by atoms with E-state index >= 15 is 0 Å². The summed E-state index contributed by atoms with van der Waals surface area (Å²) in [7, 11) is 0. The highest BCUT2D eigenvalue weighted by Gasteiger charge is 2.15. The molecule has 32 heavy (non-hydrogen) atoms. The van der Waals surface area contributed by atoms with Gasteiger partial charge in [0, 0.05) is 12.1 Å². The van der Waals surface area contributed by atoms with Gasteiger partial charge in [-0.1, -0.05) is 64.3 Å². The van der Waals surface area contributed by atoms with E-state index in [9.17, 15) is 9.59 Å². The van der Waals surface area contributed by atoms with Gasteiger partial charge in [0.05, 0.1) is 33.1 Å². The number of aromatic nitrogens is 3. The van der Waals surface area contributed by atoms with Gasteiger partial charge in [0.2, 0.25) is 5.91 Å². The summed E-state index contributed by atoms with van der Waals surface area (Å²) in [4.78, 5) is 24.7. The van der Waals surface area contributed by atoms with Crippen molar-refractivity contribution in [2.24, 2.45) is 0 Å². The second kappa shape index (κ2) is 11.0. The van der Waals surface area contributed by atoms with E-state index < -0.39 is 0 Å². The highest BCUT2D eigenvalue weighted by Crippen LogP contribution is 2.32. The lowest BCUT2D eigenvalue weighted by atomic mass is 10.1. The van der Waals surface area contributed by atoms with Gasteiger partial charge in [0.25, 0.3) is 5.91 Å². The Morgan fingerprint density at radius 2 is 1.81 bits per heavy atom. The number of amides is 2. The van der Waals surface area contributed by atoms with Crippen LogP contribution >= 0.6 is 46.6 Å². The standard InChI is InChI=1S/C21H20Cl3N5O2S/c1-3-29-18(10-25-20(31)13-6-4-5-12(2)7-13)27-28-21(29)32-11-19(30)26-17-9-15(23)14(22)8-16(17)24/h4-9H,3,10-11H2,1-2H3,(H,25,31)(H,26,30). The first kappa shape index (κ1) is 24.4. The number of carbonyl (C=O) groups is 2. The molecular weight excluding hydrogens is 493 g/mol. The SMILES string of the molecule is CCn1c(CNC(=O)c2cccc(C)c2)nnc1SCC(=O)Nc1cc(Cl)c(Cl)cc1Cl. The molecule has 168 valence electrons. The molecule has 7 nitrogen and oxygen atoms in total. The van der Waals surface area contributed by atoms with Gasteiger partial charge >= 0.3 is 0 Å². The number of hydrogen-bond donors (Lipinski definition) is 2. The van der Waals surface area contributed by atoms with Crippen LogP contribution in [0.4, 0.5) is 5.69 Å². The number of aryl methyl sites for hydroxylation is 1. The molecule has 0 spiro atoms. The largest absolute Gasteiger partial charge is 0.345 e. The van der Waals surface area contributed by atoms with Crippen molar-refractivity contribution in [1.82, 2.24) is 20.1 Å². The molecule has 0 saturated heterocycles. The summed E-state index contributed by atoms with van der Waals surface area (Å²) in [5.41, 5.74) is 1.97. The fraction of sp³-hybridized carbons (Fsp3) is 0.238. The number of carbonyl (C=O) groups excluding carboxylic acids is 2. The van der Waals surface area contributed by atoms with Crippen molar-refractivity contribution in [1.29, 1.82) is 0 Å². The van der Waals surface area contributed by atoms with Gasteiger partial charge in [0.1, 0.15) is 0 Å². The molecule has 0 aliphatic rings. The first-order valence-electron chi connectivity index (χ1n) is 9.62. The predicted molar refractivity (Wildman–Crippen MR) is 129 cm³/mol. The zero-order valence-corrected chi connectivity index (χ0v) is 20.4. The van der Waals surface area contributed by atoms with Gasteiger partial charge in [-0.25, -0.2) is 0 Å². The molecule has 3 aromatic rings. The fourth-order valence-corrected chi connectivity index (χ4v) is 4.27. The Balaban J connectivity index is 1.59. The Labute approximate surface area is 204 Å². The van der Waals surface area contributed by atoms with Crippen LogP contribution in [0.1, 0.15) is 28.7 Å². The van der Waals surface area contributed by atoms with Crippen molar-refractivity contribution in [2.75, 3.05) is 11.1 Å². The van der Waals surface area contributed by atoms with Crippen molar-refractivity contribution in [2.45, 2.75) is 32.1 Å². The van der Waals surface area contributed by atoms with Gasteiger partial charge in [-0.05, 0) is 38.1 Å². The van der Waals surface area contributed by atoms with Gasteiger partial charge in [-0.2, -0.15) is 0 Å². The zero-order valence-electron chi connectivity index (χ0n) is 17.3. The van der Waals surface area contributed by atoms with E-state index in [-0.39, 0.29) is 24.1 Å². The van der Waals surface area contributed by atoms with E-state index in [4.69, 9.17) is 34.8 Å². The highest BCUT2D eigenvalue weighted by atomic mass is 35.5. The Bertz CT molecular complexity index is 1150. The topological polar surface area (TPSA) is 88.9 Å². The summed E-state index contributed by atoms with van der Waals surface area (Å²) < 4.78 is 1.85. The monoisotopic (exact) mass is 511 g/mol. The van der Waals surface area contributed by atoms with Crippen LogP contribution in [0.25, 0.3) is 0 Å². The lowest BCUT2D eigenvalue weighted by Gasteiger charge is -2.10. The average Bonchev–Trinajstić information content (AvgIpc) is 3.16. The molecule has 1 aromatic heterocycles. The lowest BCUT2D eigenvalue weighted by molar-refractivity contribution is -0.113. The molecule has 2 amide bonds. The maximum absolute atomic E-state index is 12.4. The molecule has 1 heterocycles. The summed E-state index contributed by atoms with van der Waals surface area (Å²) >= 11 is 19.2. The molecule has 0 radical (unpaired) electrons. The van der Waals surface area contributed by atoms with Gasteiger partial charge < -0.3 is 15.2 Å². The third-order valence-electron chi connectivity index (χ3n) is 4.41. The molecule has 0 fully saturated rings. The van der Waals surface area contributed by atoms with Crippen LogP contribution < -0.4 is 10.6 Å². The predicted octanol–water partition coefficient (Wildman–Crippen LogP) is 5.23. The van der Waals surface area contributed by atoms with Crippen LogP contribution in [-0.4, -0.2) is 32.3 Å². The Morgan fingerprint density at radius 1 is 1.06 bits per heavy atom. The maximum atomic E-state index is 12.4. The van der Waals surface area contributed by atoms with Crippen molar-refractivity contribution < 1.29 is 9.59 Å². The highest BCUT2D eigenvalue weighted by molar-refractivity contribution is 7.99. The molecule has 0 aliphatic heterocycles. The van der Waals surface area contributed by atoms with Crippen molar-refractivity contribution >= 4 is 64.1 Å². The van der Waals surface area contributed by atoms with E-state index in [0.717, 1.165) is 5.56 Å². The summed E-state index contributed by atoms with van der Waals surface area (Å²) in [5, 5.41) is 15.3. The minimum atomic E-state index is -0.282. The molecule has 2 aromatic carbocycles. The molecule has 0 atom stereocenters. The first-order chi connectivity index (χ1) is 15.3. The van der Waals surface area contributed by atoms with Crippen LogP contribution in [0.2, 0.25) is 15.1 Å². The number of nitrogens with zero attached hydrogens (tertiary/aromatic N) is 3. The Hall–Kier alpha value is -2.26. The van der Waals surface area contributed by atoms with Gasteiger partial charge in [-0.3, -0.25) is 9.59 Å². The quantitative estimate of drug-likeness (QED) is 0.319. The van der Waals surface area contributed by atoms with Gasteiger partial charge in [-0.15, -0.1) is 10.2 Å². The van der Waals surface area contributed by atoms with Crippen LogP contribution in [0.5, 0.6) is 0 Å². The van der Waals surface area contributed by atoms with Crippen LogP contribution in [0.3, 0.4) is 0 Å². The summed E-state index contributed by atoms with van der Waals surface area (Å²) in [6.07, 6.45) is 0. The van der Waals surface area contributed by atoms with E-state index in [0.29, 0.717) is 43.8 Å². The van der Waals surface area contributed by atoms with E-state index in [1.54, 1.807) is 6.07 Å². The normalized spacial score (nSPS) is 10.8. The zero-order chi connectivity index (χ0) is 23.3. The molecule has 2 N–H and O–H groups in total. The number of halogens is 3. The van der Waals surface area contributed by atoms with E-state index in [1.165, 1.54) is 23.9 Å². The van der Waals surface area contributed by atoms with Crippen molar-refractivity contribution in [3.8, 4) is 0 Å². The minimum absolute atomic E-state index is 0.0877. The first-order valence-corrected chi connectivity index (χ1v) is 11.7. The molecule has 3 rings (SSSR count). The van der Waals surface area contributed by atoms with E-state index in [1.807, 2.05) is 36.6 Å². The molecule has 0 saturated carbocycles. The number of hydrogen-bond acceptors (Lipinski definition) is 5. The van der Waals surface area contributed by atoms with Crippen molar-refractivity contribution in [3.05, 3.63) is 68.4 Å². The fourth-order valence-electron chi connectivity index (χ4n) is 2.86. The maximum Gasteiger partial charge on any atom is 0.251 e. The summed E-state index contributed by atoms with van der Waals surface area (Å²) in [6, 6.07) is 10.3. The smallest absolute Gasteiger partial charge is 0.251 e. The number of thioether (sulfide) groups is 1. The number of rotatable bonds is 8. The number of benzene rings is 2. The van der Waals surface area contributed by atoms with Crippen LogP contribution in [0.15, 0.2) is 41.6 Å². The van der Waals surface area contributed by atoms with E-state index in [2.05, 4.69) is 20.8 Å². The molecule has 0 aliphatic carbocycles. The Kier molecular flexibility index (Phi) is 8.42. The molecule has 0 bridgehead atoms. The van der Waals surface area contributed by atoms with Crippen LogP contribution in [0, 0.1) is 6.92 Å². The van der Waals surface area contributed by atoms with Gasteiger partial charge in [0.15, 0.2) is 11.0 Å². The number of anilines is 1. The minimum Gasteiger partial charge on any atom is -0.345 e. The molecule has 0 unspecified atom stereocenters. The van der Waals surface area contributed by atoms with Crippen LogP contribution in [-0.2, 0) is 17.9 Å². The average molecular weight is 513 g/mol. The third-order valence-corrected chi connectivity index (χ3v) is 6.42. The number of nitrogens with one attached hydrogen (secondary N) is 2. The van der Waals surface area contributed by atoms with Crippen molar-refractivity contribution in [3.63, 3.8) is 0 Å². The summed E-state index contributed by atoms with van der Waals surface area (Å²) in [6.45, 7) is 4.68. The second-order valence-electron chi connectivity index (χ2n) is 6.78. The lowest BCUT2D eigenvalue weighted by Crippen LogP contribution is -2.25. The molecular formula is C21H20Cl3N5O2S. The second-order valence-corrected chi connectivity index (χ2v) is 8.94. The Morgan fingerprint density at radius 3 is 2.53 bits per heavy atom. The third kappa shape index (κ3) is 6.16.